The monoisotopic (exact) mass is 484 g/mol. The summed E-state index contributed by atoms with van der Waals surface area (Å²) in [5.74, 6) is 0.691. The summed E-state index contributed by atoms with van der Waals surface area (Å²) < 4.78 is 29.3. The van der Waals surface area contributed by atoms with E-state index in [4.69, 9.17) is 12.8 Å². The van der Waals surface area contributed by atoms with E-state index in [0.717, 1.165) is 35.5 Å². The summed E-state index contributed by atoms with van der Waals surface area (Å²) >= 11 is 0. The second-order valence-electron chi connectivity index (χ2n) is 8.57. The molecule has 0 spiro atoms. The van der Waals surface area contributed by atoms with Crippen molar-refractivity contribution in [3.63, 3.8) is 0 Å². The van der Waals surface area contributed by atoms with E-state index in [2.05, 4.69) is 15.4 Å². The summed E-state index contributed by atoms with van der Waals surface area (Å²) in [6, 6.07) is 15.2. The Balaban J connectivity index is 1.39. The summed E-state index contributed by atoms with van der Waals surface area (Å²) in [5, 5.41) is 9.05. The molecule has 0 bridgehead atoms. The molecule has 1 unspecified atom stereocenters. The predicted molar refractivity (Wildman–Crippen MR) is 138 cm³/mol. The van der Waals surface area contributed by atoms with Crippen molar-refractivity contribution >= 4 is 40.9 Å². The molecule has 2 radical (unpaired) electrons. The van der Waals surface area contributed by atoms with Gasteiger partial charge in [0.05, 0.1) is 5.69 Å². The first kappa shape index (κ1) is 23.3. The Labute approximate surface area is 206 Å². The van der Waals surface area contributed by atoms with Gasteiger partial charge in [-0.2, -0.15) is 13.9 Å². The van der Waals surface area contributed by atoms with Crippen LogP contribution >= 0.6 is 0 Å². The minimum absolute atomic E-state index is 0.0538. The van der Waals surface area contributed by atoms with Gasteiger partial charge in [-0.15, -0.1) is 0 Å². The van der Waals surface area contributed by atoms with Crippen LogP contribution < -0.4 is 10.8 Å². The Morgan fingerprint density at radius 2 is 2.00 bits per heavy atom. The average molecular weight is 484 g/mol. The Morgan fingerprint density at radius 3 is 2.80 bits per heavy atom. The van der Waals surface area contributed by atoms with E-state index in [9.17, 15) is 8.42 Å². The minimum Gasteiger partial charge on any atom is -0.366 e. The van der Waals surface area contributed by atoms with E-state index in [1.807, 2.05) is 48.5 Å². The first-order valence-corrected chi connectivity index (χ1v) is 13.0. The van der Waals surface area contributed by atoms with E-state index in [0.29, 0.717) is 30.7 Å². The van der Waals surface area contributed by atoms with Crippen LogP contribution in [0.4, 0.5) is 5.82 Å². The fraction of sp³-hybridized carbons (Fsp3) is 0.240. The summed E-state index contributed by atoms with van der Waals surface area (Å²) in [5.41, 5.74) is 3.70. The highest BCUT2D eigenvalue weighted by molar-refractivity contribution is 7.92. The van der Waals surface area contributed by atoms with Crippen LogP contribution in [0, 0.1) is 0 Å². The van der Waals surface area contributed by atoms with Crippen LogP contribution in [0.3, 0.4) is 0 Å². The number of nitrogens with zero attached hydrogens (tertiary/aromatic N) is 5. The lowest BCUT2D eigenvalue weighted by atomic mass is 9.95. The number of anilines is 1. The molecule has 4 heterocycles. The maximum atomic E-state index is 13.1. The molecule has 0 aliphatic carbocycles. The van der Waals surface area contributed by atoms with Crippen molar-refractivity contribution in [3.8, 4) is 0 Å². The van der Waals surface area contributed by atoms with Gasteiger partial charge in [-0.3, -0.25) is 4.98 Å². The van der Waals surface area contributed by atoms with E-state index < -0.39 is 10.0 Å². The van der Waals surface area contributed by atoms with E-state index in [1.54, 1.807) is 29.2 Å². The molecule has 0 saturated carbocycles. The molecule has 1 atom stereocenters. The summed E-state index contributed by atoms with van der Waals surface area (Å²) in [6.45, 7) is 1.41. The summed E-state index contributed by atoms with van der Waals surface area (Å²) in [4.78, 5) is 8.93. The zero-order chi connectivity index (χ0) is 24.3. The van der Waals surface area contributed by atoms with Gasteiger partial charge in [-0.05, 0) is 41.6 Å². The topological polar surface area (TPSA) is 92.5 Å². The van der Waals surface area contributed by atoms with Gasteiger partial charge in [0.2, 0.25) is 10.0 Å². The first-order chi connectivity index (χ1) is 17.0. The van der Waals surface area contributed by atoms with Gasteiger partial charge in [0, 0.05) is 55.6 Å². The zero-order valence-corrected chi connectivity index (χ0v) is 20.0. The van der Waals surface area contributed by atoms with Crippen LogP contribution in [0.5, 0.6) is 0 Å². The third kappa shape index (κ3) is 5.28. The third-order valence-corrected chi connectivity index (χ3v) is 7.64. The molecule has 10 heteroatoms. The fourth-order valence-corrected chi connectivity index (χ4v) is 5.53. The Morgan fingerprint density at radius 1 is 1.14 bits per heavy atom. The number of fused-ring (bicyclic) bond motifs is 1. The normalized spacial score (nSPS) is 17.2. The van der Waals surface area contributed by atoms with E-state index in [-0.39, 0.29) is 5.92 Å². The van der Waals surface area contributed by atoms with Crippen LogP contribution in [0.1, 0.15) is 35.6 Å². The molecular formula is C25H25BN6O2S. The Bertz CT molecular complexity index is 1440. The molecule has 3 aromatic heterocycles. The van der Waals surface area contributed by atoms with Gasteiger partial charge >= 0.3 is 0 Å². The standard InChI is InChI=1S/C25H25BN6O2S/c26-22-17-29-32-24(28-16-20-8-4-11-27-15-20)14-23(30-25(22)32)21-9-5-12-31(18-21)35(33,34)13-10-19-6-2-1-3-7-19/h1-4,6-8,10-11,13-15,17,21,28H,5,9,12,16,18H2/b13-10+. The quantitative estimate of drug-likeness (QED) is 0.406. The number of benzene rings is 1. The number of pyridine rings is 1. The van der Waals surface area contributed by atoms with Gasteiger partial charge in [-0.25, -0.2) is 13.4 Å². The van der Waals surface area contributed by atoms with Crippen molar-refractivity contribution in [2.45, 2.75) is 25.3 Å². The molecule has 1 fully saturated rings. The highest BCUT2D eigenvalue weighted by Gasteiger charge is 2.29. The number of rotatable bonds is 7. The average Bonchev–Trinajstić information content (AvgIpc) is 3.28. The zero-order valence-electron chi connectivity index (χ0n) is 19.2. The van der Waals surface area contributed by atoms with Crippen molar-refractivity contribution in [1.29, 1.82) is 0 Å². The van der Waals surface area contributed by atoms with Crippen LogP contribution in [0.2, 0.25) is 0 Å². The van der Waals surface area contributed by atoms with Gasteiger partial charge in [0.15, 0.2) is 5.65 Å². The maximum Gasteiger partial charge on any atom is 0.236 e. The lowest BCUT2D eigenvalue weighted by molar-refractivity contribution is 0.316. The molecule has 5 rings (SSSR count). The van der Waals surface area contributed by atoms with Crippen molar-refractivity contribution < 1.29 is 8.42 Å². The summed E-state index contributed by atoms with van der Waals surface area (Å²) in [7, 11) is 2.58. The molecule has 1 aromatic carbocycles. The van der Waals surface area contributed by atoms with Crippen LogP contribution in [0.25, 0.3) is 11.7 Å². The number of nitrogens with one attached hydrogen (secondary N) is 1. The minimum atomic E-state index is -3.56. The SMILES string of the molecule is [B]c1cnn2c(NCc3cccnc3)cc(C3CCCN(S(=O)(=O)/C=C/c4ccccc4)C3)nc12. The van der Waals surface area contributed by atoms with E-state index >= 15 is 0 Å². The molecule has 1 N–H and O–H groups in total. The van der Waals surface area contributed by atoms with Crippen LogP contribution in [-0.4, -0.2) is 53.2 Å². The van der Waals surface area contributed by atoms with Crippen molar-refractivity contribution in [3.05, 3.63) is 89.4 Å². The third-order valence-electron chi connectivity index (χ3n) is 6.11. The van der Waals surface area contributed by atoms with Crippen molar-refractivity contribution in [1.82, 2.24) is 23.9 Å². The van der Waals surface area contributed by atoms with E-state index in [1.165, 1.54) is 9.71 Å². The number of hydrogen-bond donors (Lipinski definition) is 1. The van der Waals surface area contributed by atoms with Gasteiger partial charge < -0.3 is 5.32 Å². The molecule has 8 nitrogen and oxygen atoms in total. The highest BCUT2D eigenvalue weighted by atomic mass is 32.2. The predicted octanol–water partition coefficient (Wildman–Crippen LogP) is 2.71. The largest absolute Gasteiger partial charge is 0.366 e. The number of aromatic nitrogens is 4. The number of hydrogen-bond acceptors (Lipinski definition) is 6. The molecule has 176 valence electrons. The maximum absolute atomic E-state index is 13.1. The lowest BCUT2D eigenvalue weighted by Crippen LogP contribution is -2.38. The molecule has 0 amide bonds. The molecule has 1 aliphatic rings. The summed E-state index contributed by atoms with van der Waals surface area (Å²) in [6.07, 6.45) is 8.34. The Kier molecular flexibility index (Phi) is 6.65. The molecule has 35 heavy (non-hydrogen) atoms. The first-order valence-electron chi connectivity index (χ1n) is 11.5. The highest BCUT2D eigenvalue weighted by Crippen LogP contribution is 2.29. The van der Waals surface area contributed by atoms with Crippen molar-refractivity contribution in [2.24, 2.45) is 0 Å². The van der Waals surface area contributed by atoms with Gasteiger partial charge in [0.25, 0.3) is 0 Å². The fourth-order valence-electron chi connectivity index (χ4n) is 4.26. The van der Waals surface area contributed by atoms with Gasteiger partial charge in [0.1, 0.15) is 13.7 Å². The molecular weight excluding hydrogens is 459 g/mol. The molecule has 1 saturated heterocycles. The smallest absolute Gasteiger partial charge is 0.236 e. The Hall–Kier alpha value is -3.50. The molecule has 4 aromatic rings. The number of sulfonamides is 1. The molecule has 1 aliphatic heterocycles. The van der Waals surface area contributed by atoms with Crippen molar-refractivity contribution in [2.75, 3.05) is 18.4 Å². The lowest BCUT2D eigenvalue weighted by Gasteiger charge is -2.31. The number of piperidine rings is 1. The second-order valence-corrected chi connectivity index (χ2v) is 10.4. The van der Waals surface area contributed by atoms with Crippen LogP contribution in [-0.2, 0) is 16.6 Å². The van der Waals surface area contributed by atoms with Crippen LogP contribution in [0.15, 0.2) is 72.5 Å². The second kappa shape index (κ2) is 10.0. The van der Waals surface area contributed by atoms with Gasteiger partial charge in [-0.1, -0.05) is 36.4 Å².